The molecule has 0 atom stereocenters. The average molecular weight is 288 g/mol. The van der Waals surface area contributed by atoms with E-state index in [1.807, 2.05) is 25.1 Å². The lowest BCUT2D eigenvalue weighted by Gasteiger charge is -2.11. The minimum absolute atomic E-state index is 0.170. The lowest BCUT2D eigenvalue weighted by atomic mass is 10.0. The molecule has 0 spiro atoms. The molecule has 0 aromatic heterocycles. The first-order chi connectivity index (χ1) is 10.1. The molecule has 0 aliphatic rings. The Morgan fingerprint density at radius 3 is 2.33 bits per heavy atom. The summed E-state index contributed by atoms with van der Waals surface area (Å²) < 4.78 is 10.3. The largest absolute Gasteiger partial charge is 0.508 e. The highest BCUT2D eigenvalue weighted by Crippen LogP contribution is 2.32. The number of aromatic hydroxyl groups is 2. The minimum Gasteiger partial charge on any atom is -0.508 e. The standard InChI is InChI=1S/C17H20O4/c1-11-14(18)9-12(10-16(11)21-3)7-8-13-5-4-6-15(20-2)17(13)19/h4-6,9-10,18-19H,7-8H2,1-3H3. The lowest BCUT2D eigenvalue weighted by molar-refractivity contribution is 0.370. The molecule has 0 amide bonds. The smallest absolute Gasteiger partial charge is 0.160 e. The Bertz CT molecular complexity index is 635. The van der Waals surface area contributed by atoms with Crippen molar-refractivity contribution in [3.63, 3.8) is 0 Å². The van der Waals surface area contributed by atoms with Crippen LogP contribution in [0.5, 0.6) is 23.0 Å². The summed E-state index contributed by atoms with van der Waals surface area (Å²) in [6.07, 6.45) is 1.33. The fraction of sp³-hybridized carbons (Fsp3) is 0.294. The Labute approximate surface area is 124 Å². The third kappa shape index (κ3) is 3.21. The Balaban J connectivity index is 2.19. The molecule has 2 aromatic carbocycles. The van der Waals surface area contributed by atoms with Crippen LogP contribution in [0.15, 0.2) is 30.3 Å². The average Bonchev–Trinajstić information content (AvgIpc) is 2.49. The molecule has 0 radical (unpaired) electrons. The third-order valence-corrected chi connectivity index (χ3v) is 3.60. The predicted octanol–water partition coefficient (Wildman–Crippen LogP) is 3.21. The number of ether oxygens (including phenoxy) is 2. The van der Waals surface area contributed by atoms with Gasteiger partial charge in [0.2, 0.25) is 0 Å². The number of benzene rings is 2. The number of phenols is 2. The number of hydrogen-bond acceptors (Lipinski definition) is 4. The van der Waals surface area contributed by atoms with Crippen LogP contribution in [0.4, 0.5) is 0 Å². The van der Waals surface area contributed by atoms with Gasteiger partial charge in [0.05, 0.1) is 14.2 Å². The van der Waals surface area contributed by atoms with E-state index in [-0.39, 0.29) is 11.5 Å². The number of hydrogen-bond donors (Lipinski definition) is 2. The quantitative estimate of drug-likeness (QED) is 0.887. The summed E-state index contributed by atoms with van der Waals surface area (Å²) in [5.74, 6) is 1.53. The second-order valence-corrected chi connectivity index (χ2v) is 4.91. The van der Waals surface area contributed by atoms with E-state index in [1.165, 1.54) is 7.11 Å². The first kappa shape index (κ1) is 15.0. The maximum absolute atomic E-state index is 10.1. The van der Waals surface area contributed by atoms with Gasteiger partial charge in [0.15, 0.2) is 11.5 Å². The van der Waals surface area contributed by atoms with Gasteiger partial charge in [-0.2, -0.15) is 0 Å². The summed E-state index contributed by atoms with van der Waals surface area (Å²) in [6.45, 7) is 1.81. The van der Waals surface area contributed by atoms with Crippen LogP contribution < -0.4 is 9.47 Å². The molecule has 2 aromatic rings. The van der Waals surface area contributed by atoms with Crippen LogP contribution in [0.3, 0.4) is 0 Å². The Hall–Kier alpha value is -2.36. The molecule has 2 rings (SSSR count). The van der Waals surface area contributed by atoms with Crippen molar-refractivity contribution < 1.29 is 19.7 Å². The molecule has 2 N–H and O–H groups in total. The van der Waals surface area contributed by atoms with Crippen molar-refractivity contribution in [1.82, 2.24) is 0 Å². The molecule has 112 valence electrons. The van der Waals surface area contributed by atoms with Crippen molar-refractivity contribution in [3.8, 4) is 23.0 Å². The van der Waals surface area contributed by atoms with Crippen molar-refractivity contribution in [3.05, 3.63) is 47.0 Å². The molecule has 0 saturated heterocycles. The van der Waals surface area contributed by atoms with E-state index in [1.54, 1.807) is 19.2 Å². The molecule has 0 saturated carbocycles. The summed E-state index contributed by atoms with van der Waals surface area (Å²) in [6, 6.07) is 9.07. The maximum Gasteiger partial charge on any atom is 0.160 e. The highest BCUT2D eigenvalue weighted by molar-refractivity contribution is 5.48. The number of phenolic OH excluding ortho intramolecular Hbond substituents is 2. The van der Waals surface area contributed by atoms with Crippen molar-refractivity contribution >= 4 is 0 Å². The number of rotatable bonds is 5. The second-order valence-electron chi connectivity index (χ2n) is 4.91. The van der Waals surface area contributed by atoms with Gasteiger partial charge < -0.3 is 19.7 Å². The third-order valence-electron chi connectivity index (χ3n) is 3.60. The summed E-state index contributed by atoms with van der Waals surface area (Å²) in [5, 5.41) is 20.0. The molecule has 0 aliphatic carbocycles. The van der Waals surface area contributed by atoms with E-state index in [9.17, 15) is 10.2 Å². The van der Waals surface area contributed by atoms with Crippen LogP contribution in [0.2, 0.25) is 0 Å². The van der Waals surface area contributed by atoms with E-state index in [0.717, 1.165) is 16.7 Å². The minimum atomic E-state index is 0.170. The maximum atomic E-state index is 10.1. The lowest BCUT2D eigenvalue weighted by Crippen LogP contribution is -1.96. The first-order valence-electron chi connectivity index (χ1n) is 6.78. The Kier molecular flexibility index (Phi) is 4.58. The zero-order valence-corrected chi connectivity index (χ0v) is 12.5. The molecule has 0 fully saturated rings. The molecule has 0 aliphatic heterocycles. The zero-order valence-electron chi connectivity index (χ0n) is 12.5. The van der Waals surface area contributed by atoms with Crippen molar-refractivity contribution in [2.75, 3.05) is 14.2 Å². The van der Waals surface area contributed by atoms with Gasteiger partial charge in [-0.25, -0.2) is 0 Å². The first-order valence-corrected chi connectivity index (χ1v) is 6.78. The molecule has 0 unspecified atom stereocenters. The number of aryl methyl sites for hydroxylation is 2. The van der Waals surface area contributed by atoms with Crippen LogP contribution in [0.25, 0.3) is 0 Å². The number of methoxy groups -OCH3 is 2. The summed E-state index contributed by atoms with van der Waals surface area (Å²) in [5.41, 5.74) is 2.50. The van der Waals surface area contributed by atoms with Gasteiger partial charge in [0, 0.05) is 5.56 Å². The van der Waals surface area contributed by atoms with Crippen molar-refractivity contribution in [2.45, 2.75) is 19.8 Å². The highest BCUT2D eigenvalue weighted by atomic mass is 16.5. The molecule has 21 heavy (non-hydrogen) atoms. The predicted molar refractivity (Wildman–Crippen MR) is 81.5 cm³/mol. The van der Waals surface area contributed by atoms with Crippen molar-refractivity contribution in [1.29, 1.82) is 0 Å². The molecule has 0 heterocycles. The second kappa shape index (κ2) is 6.39. The van der Waals surface area contributed by atoms with Crippen LogP contribution >= 0.6 is 0 Å². The van der Waals surface area contributed by atoms with Gasteiger partial charge in [0.25, 0.3) is 0 Å². The summed E-state index contributed by atoms with van der Waals surface area (Å²) in [7, 11) is 3.11. The fourth-order valence-corrected chi connectivity index (χ4v) is 2.30. The van der Waals surface area contributed by atoms with Gasteiger partial charge >= 0.3 is 0 Å². The summed E-state index contributed by atoms with van der Waals surface area (Å²) in [4.78, 5) is 0. The number of para-hydroxylation sites is 1. The van der Waals surface area contributed by atoms with Gasteiger partial charge in [-0.05, 0) is 49.1 Å². The highest BCUT2D eigenvalue weighted by Gasteiger charge is 2.10. The van der Waals surface area contributed by atoms with Crippen LogP contribution in [0.1, 0.15) is 16.7 Å². The van der Waals surface area contributed by atoms with E-state index >= 15 is 0 Å². The molecule has 0 bridgehead atoms. The fourth-order valence-electron chi connectivity index (χ4n) is 2.30. The monoisotopic (exact) mass is 288 g/mol. The zero-order chi connectivity index (χ0) is 15.4. The van der Waals surface area contributed by atoms with E-state index in [2.05, 4.69) is 0 Å². The van der Waals surface area contributed by atoms with Gasteiger partial charge in [0.1, 0.15) is 11.5 Å². The topological polar surface area (TPSA) is 58.9 Å². The Morgan fingerprint density at radius 2 is 1.67 bits per heavy atom. The summed E-state index contributed by atoms with van der Waals surface area (Å²) >= 11 is 0. The van der Waals surface area contributed by atoms with Crippen LogP contribution in [-0.2, 0) is 12.8 Å². The van der Waals surface area contributed by atoms with Gasteiger partial charge in [-0.1, -0.05) is 12.1 Å². The Morgan fingerprint density at radius 1 is 0.952 bits per heavy atom. The SMILES string of the molecule is COc1cc(CCc2cccc(OC)c2O)cc(O)c1C. The van der Waals surface area contributed by atoms with E-state index < -0.39 is 0 Å². The normalized spacial score (nSPS) is 10.4. The van der Waals surface area contributed by atoms with Gasteiger partial charge in [-0.3, -0.25) is 0 Å². The van der Waals surface area contributed by atoms with E-state index in [4.69, 9.17) is 9.47 Å². The van der Waals surface area contributed by atoms with Crippen molar-refractivity contribution in [2.24, 2.45) is 0 Å². The molecule has 4 heteroatoms. The van der Waals surface area contributed by atoms with Crippen LogP contribution in [0, 0.1) is 6.92 Å². The molecule has 4 nitrogen and oxygen atoms in total. The molecular weight excluding hydrogens is 268 g/mol. The van der Waals surface area contributed by atoms with Gasteiger partial charge in [-0.15, -0.1) is 0 Å². The molecular formula is C17H20O4. The van der Waals surface area contributed by atoms with Crippen LogP contribution in [-0.4, -0.2) is 24.4 Å². The van der Waals surface area contributed by atoms with E-state index in [0.29, 0.717) is 24.3 Å².